The molecule has 112 valence electrons. The third-order valence-corrected chi connectivity index (χ3v) is 3.87. The van der Waals surface area contributed by atoms with Crippen LogP contribution in [0.4, 0.5) is 4.39 Å². The Labute approximate surface area is 133 Å². The lowest BCUT2D eigenvalue weighted by Crippen LogP contribution is -2.23. The second-order valence-electron chi connectivity index (χ2n) is 4.83. The maximum absolute atomic E-state index is 13.0. The Morgan fingerprint density at radius 3 is 2.52 bits per heavy atom. The van der Waals surface area contributed by atoms with Crippen molar-refractivity contribution >= 4 is 15.9 Å². The van der Waals surface area contributed by atoms with Crippen LogP contribution in [0.25, 0.3) is 0 Å². The Bertz CT molecular complexity index is 586. The molecule has 1 N–H and O–H groups in total. The minimum absolute atomic E-state index is 0.128. The number of benzene rings is 2. The molecule has 2 rings (SSSR count). The summed E-state index contributed by atoms with van der Waals surface area (Å²) in [7, 11) is 1.67. The Morgan fingerprint density at radius 1 is 1.19 bits per heavy atom. The number of likely N-dealkylation sites (N-methyl/N-ethyl adjacent to an activating group) is 1. The summed E-state index contributed by atoms with van der Waals surface area (Å²) in [6.07, 6.45) is 0.784. The number of hydrogen-bond acceptors (Lipinski definition) is 2. The zero-order valence-electron chi connectivity index (χ0n) is 12.2. The maximum Gasteiger partial charge on any atom is 0.124 e. The van der Waals surface area contributed by atoms with Crippen LogP contribution in [0.15, 0.2) is 46.9 Å². The number of methoxy groups -OCH3 is 1. The van der Waals surface area contributed by atoms with Crippen LogP contribution < -0.4 is 10.1 Å². The van der Waals surface area contributed by atoms with Gasteiger partial charge < -0.3 is 10.1 Å². The van der Waals surface area contributed by atoms with Crippen LogP contribution in [0.2, 0.25) is 0 Å². The topological polar surface area (TPSA) is 21.3 Å². The number of ether oxygens (including phenoxy) is 1. The summed E-state index contributed by atoms with van der Waals surface area (Å²) in [4.78, 5) is 0. The third kappa shape index (κ3) is 4.29. The van der Waals surface area contributed by atoms with E-state index in [9.17, 15) is 4.39 Å². The van der Waals surface area contributed by atoms with Gasteiger partial charge in [-0.15, -0.1) is 0 Å². The van der Waals surface area contributed by atoms with Gasteiger partial charge in [0.2, 0.25) is 0 Å². The van der Waals surface area contributed by atoms with E-state index in [1.54, 1.807) is 7.11 Å². The molecule has 0 saturated heterocycles. The highest BCUT2D eigenvalue weighted by molar-refractivity contribution is 9.10. The van der Waals surface area contributed by atoms with Gasteiger partial charge in [-0.25, -0.2) is 4.39 Å². The highest BCUT2D eigenvalue weighted by Crippen LogP contribution is 2.30. The van der Waals surface area contributed by atoms with Crippen LogP contribution in [-0.4, -0.2) is 13.7 Å². The molecule has 0 aliphatic rings. The smallest absolute Gasteiger partial charge is 0.124 e. The van der Waals surface area contributed by atoms with E-state index in [0.29, 0.717) is 0 Å². The second kappa shape index (κ2) is 7.57. The van der Waals surface area contributed by atoms with Gasteiger partial charge in [0.1, 0.15) is 11.6 Å². The van der Waals surface area contributed by atoms with Gasteiger partial charge in [0.15, 0.2) is 0 Å². The van der Waals surface area contributed by atoms with Crippen LogP contribution in [0.5, 0.6) is 5.75 Å². The number of halogens is 2. The Hall–Kier alpha value is -1.39. The normalized spacial score (nSPS) is 12.2. The molecule has 0 amide bonds. The van der Waals surface area contributed by atoms with E-state index in [2.05, 4.69) is 34.2 Å². The highest BCUT2D eigenvalue weighted by atomic mass is 79.9. The van der Waals surface area contributed by atoms with Gasteiger partial charge in [-0.05, 0) is 42.8 Å². The second-order valence-corrected chi connectivity index (χ2v) is 5.74. The molecule has 2 aromatic rings. The summed E-state index contributed by atoms with van der Waals surface area (Å²) < 4.78 is 19.5. The fourth-order valence-electron chi connectivity index (χ4n) is 2.37. The summed E-state index contributed by atoms with van der Waals surface area (Å²) in [5, 5.41) is 3.47. The number of nitrogens with one attached hydrogen (secondary N) is 1. The van der Waals surface area contributed by atoms with E-state index in [1.165, 1.54) is 12.1 Å². The van der Waals surface area contributed by atoms with E-state index in [4.69, 9.17) is 4.74 Å². The molecule has 1 atom stereocenters. The molecule has 2 aromatic carbocycles. The lowest BCUT2D eigenvalue weighted by Gasteiger charge is -2.21. The SMILES string of the molecule is CCNC(Cc1ccc(F)cc1)c1ccc(Br)cc1OC. The van der Waals surface area contributed by atoms with Crippen molar-refractivity contribution in [3.05, 3.63) is 63.9 Å². The predicted octanol–water partition coefficient (Wildman–Crippen LogP) is 4.49. The van der Waals surface area contributed by atoms with E-state index >= 15 is 0 Å². The Morgan fingerprint density at radius 2 is 1.90 bits per heavy atom. The first-order chi connectivity index (χ1) is 10.1. The monoisotopic (exact) mass is 351 g/mol. The molecule has 2 nitrogen and oxygen atoms in total. The molecule has 0 spiro atoms. The molecule has 0 fully saturated rings. The summed E-state index contributed by atoms with van der Waals surface area (Å²) in [6.45, 7) is 2.92. The van der Waals surface area contributed by atoms with Crippen molar-refractivity contribution < 1.29 is 9.13 Å². The molecule has 0 aliphatic heterocycles. The number of hydrogen-bond donors (Lipinski definition) is 1. The van der Waals surface area contributed by atoms with Crippen molar-refractivity contribution in [3.63, 3.8) is 0 Å². The summed E-state index contributed by atoms with van der Waals surface area (Å²) in [5.41, 5.74) is 2.19. The van der Waals surface area contributed by atoms with E-state index < -0.39 is 0 Å². The van der Waals surface area contributed by atoms with E-state index in [0.717, 1.165) is 34.3 Å². The van der Waals surface area contributed by atoms with Crippen LogP contribution in [0, 0.1) is 5.82 Å². The van der Waals surface area contributed by atoms with Crippen molar-refractivity contribution in [2.24, 2.45) is 0 Å². The number of rotatable bonds is 6. The third-order valence-electron chi connectivity index (χ3n) is 3.37. The van der Waals surface area contributed by atoms with Crippen LogP contribution in [-0.2, 0) is 6.42 Å². The first kappa shape index (κ1) is 16.0. The average molecular weight is 352 g/mol. The van der Waals surface area contributed by atoms with Crippen molar-refractivity contribution in [1.29, 1.82) is 0 Å². The zero-order valence-corrected chi connectivity index (χ0v) is 13.8. The van der Waals surface area contributed by atoms with Crippen LogP contribution in [0.1, 0.15) is 24.1 Å². The standard InChI is InChI=1S/C17H19BrFNO/c1-3-20-16(10-12-4-7-14(19)8-5-12)15-9-6-13(18)11-17(15)21-2/h4-9,11,16,20H,3,10H2,1-2H3. The fourth-order valence-corrected chi connectivity index (χ4v) is 2.71. The van der Waals surface area contributed by atoms with Crippen molar-refractivity contribution in [1.82, 2.24) is 5.32 Å². The molecule has 0 heterocycles. The molecule has 4 heteroatoms. The van der Waals surface area contributed by atoms with Gasteiger partial charge in [0.05, 0.1) is 7.11 Å². The first-order valence-corrected chi connectivity index (χ1v) is 7.74. The van der Waals surface area contributed by atoms with Gasteiger partial charge >= 0.3 is 0 Å². The predicted molar refractivity (Wildman–Crippen MR) is 87.2 cm³/mol. The van der Waals surface area contributed by atoms with Crippen molar-refractivity contribution in [2.45, 2.75) is 19.4 Å². The van der Waals surface area contributed by atoms with Gasteiger partial charge in [-0.1, -0.05) is 41.1 Å². The molecule has 0 aliphatic carbocycles. The van der Waals surface area contributed by atoms with Crippen molar-refractivity contribution in [2.75, 3.05) is 13.7 Å². The fraction of sp³-hybridized carbons (Fsp3) is 0.294. The molecule has 0 radical (unpaired) electrons. The highest BCUT2D eigenvalue weighted by Gasteiger charge is 2.16. The molecular formula is C17H19BrFNO. The Balaban J connectivity index is 2.28. The molecular weight excluding hydrogens is 333 g/mol. The Kier molecular flexibility index (Phi) is 5.76. The lowest BCUT2D eigenvalue weighted by molar-refractivity contribution is 0.399. The largest absolute Gasteiger partial charge is 0.496 e. The molecule has 0 bridgehead atoms. The van der Waals surface area contributed by atoms with E-state index in [-0.39, 0.29) is 11.9 Å². The van der Waals surface area contributed by atoms with Gasteiger partial charge in [-0.3, -0.25) is 0 Å². The average Bonchev–Trinajstić information content (AvgIpc) is 2.49. The summed E-state index contributed by atoms with van der Waals surface area (Å²) in [5.74, 6) is 0.636. The van der Waals surface area contributed by atoms with Crippen LogP contribution >= 0.6 is 15.9 Å². The molecule has 21 heavy (non-hydrogen) atoms. The zero-order chi connectivity index (χ0) is 15.2. The van der Waals surface area contributed by atoms with E-state index in [1.807, 2.05) is 24.3 Å². The van der Waals surface area contributed by atoms with Gasteiger partial charge in [-0.2, -0.15) is 0 Å². The summed E-state index contributed by atoms with van der Waals surface area (Å²) in [6, 6.07) is 12.8. The summed E-state index contributed by atoms with van der Waals surface area (Å²) >= 11 is 3.46. The maximum atomic E-state index is 13.0. The van der Waals surface area contributed by atoms with Crippen molar-refractivity contribution in [3.8, 4) is 5.75 Å². The lowest BCUT2D eigenvalue weighted by atomic mass is 9.98. The minimum atomic E-state index is -0.208. The van der Waals surface area contributed by atoms with Gasteiger partial charge in [0.25, 0.3) is 0 Å². The minimum Gasteiger partial charge on any atom is -0.496 e. The molecule has 0 aromatic heterocycles. The first-order valence-electron chi connectivity index (χ1n) is 6.95. The quantitative estimate of drug-likeness (QED) is 0.827. The van der Waals surface area contributed by atoms with Crippen LogP contribution in [0.3, 0.4) is 0 Å². The molecule has 0 saturated carbocycles. The van der Waals surface area contributed by atoms with Gasteiger partial charge in [0, 0.05) is 16.1 Å². The molecule has 1 unspecified atom stereocenters.